The predicted octanol–water partition coefficient (Wildman–Crippen LogP) is 1.86. The average molecular weight is 287 g/mol. The number of hydrogen-bond donors (Lipinski definition) is 2. The standard InChI is InChI=1S/C12H17NO3S2/c1-9(5-10-3-2-4-18-10)6-13-11(14)7-17-8-12(15)16/h2-4,9H,5-8H2,1H3,(H,13,14)(H,15,16). The Morgan fingerprint density at radius 1 is 1.50 bits per heavy atom. The summed E-state index contributed by atoms with van der Waals surface area (Å²) < 4.78 is 0. The molecule has 6 heteroatoms. The average Bonchev–Trinajstić information content (AvgIpc) is 2.78. The van der Waals surface area contributed by atoms with E-state index in [4.69, 9.17) is 5.11 Å². The summed E-state index contributed by atoms with van der Waals surface area (Å²) in [4.78, 5) is 23.0. The van der Waals surface area contributed by atoms with Crippen molar-refractivity contribution < 1.29 is 14.7 Å². The molecule has 0 aliphatic carbocycles. The Labute approximate surface area is 115 Å². The van der Waals surface area contributed by atoms with Crippen LogP contribution in [0.2, 0.25) is 0 Å². The molecule has 0 bridgehead atoms. The molecule has 2 N–H and O–H groups in total. The van der Waals surface area contributed by atoms with E-state index in [0.717, 1.165) is 18.2 Å². The van der Waals surface area contributed by atoms with Crippen molar-refractivity contribution in [2.75, 3.05) is 18.1 Å². The maximum absolute atomic E-state index is 11.4. The van der Waals surface area contributed by atoms with Crippen molar-refractivity contribution in [3.8, 4) is 0 Å². The highest BCUT2D eigenvalue weighted by Crippen LogP contribution is 2.13. The number of aliphatic carboxylic acids is 1. The molecule has 1 amide bonds. The van der Waals surface area contributed by atoms with Gasteiger partial charge in [0.15, 0.2) is 0 Å². The van der Waals surface area contributed by atoms with Gasteiger partial charge in [-0.15, -0.1) is 23.1 Å². The van der Waals surface area contributed by atoms with Crippen molar-refractivity contribution in [2.24, 2.45) is 5.92 Å². The molecule has 18 heavy (non-hydrogen) atoms. The third kappa shape index (κ3) is 6.66. The molecule has 0 radical (unpaired) electrons. The molecule has 1 unspecified atom stereocenters. The molecule has 0 saturated carbocycles. The fourth-order valence-electron chi connectivity index (χ4n) is 1.41. The lowest BCUT2D eigenvalue weighted by molar-refractivity contribution is -0.133. The Morgan fingerprint density at radius 2 is 2.28 bits per heavy atom. The van der Waals surface area contributed by atoms with Crippen LogP contribution in [0.5, 0.6) is 0 Å². The summed E-state index contributed by atoms with van der Waals surface area (Å²) in [5.74, 6) is -0.425. The zero-order valence-corrected chi connectivity index (χ0v) is 11.9. The van der Waals surface area contributed by atoms with Crippen LogP contribution in [0.25, 0.3) is 0 Å². The minimum atomic E-state index is -0.890. The van der Waals surface area contributed by atoms with Crippen molar-refractivity contribution in [1.82, 2.24) is 5.32 Å². The molecule has 0 spiro atoms. The van der Waals surface area contributed by atoms with Gasteiger partial charge in [-0.3, -0.25) is 9.59 Å². The van der Waals surface area contributed by atoms with Gasteiger partial charge in [-0.05, 0) is 23.8 Å². The van der Waals surface area contributed by atoms with E-state index < -0.39 is 5.97 Å². The van der Waals surface area contributed by atoms with E-state index in [1.54, 1.807) is 11.3 Å². The molecule has 1 rings (SSSR count). The van der Waals surface area contributed by atoms with Gasteiger partial charge in [-0.1, -0.05) is 13.0 Å². The zero-order chi connectivity index (χ0) is 13.4. The van der Waals surface area contributed by atoms with Gasteiger partial charge in [-0.25, -0.2) is 0 Å². The Balaban J connectivity index is 2.12. The topological polar surface area (TPSA) is 66.4 Å². The number of carbonyl (C=O) groups is 2. The number of amides is 1. The van der Waals surface area contributed by atoms with Crippen LogP contribution in [0.1, 0.15) is 11.8 Å². The fourth-order valence-corrected chi connectivity index (χ4v) is 2.85. The summed E-state index contributed by atoms with van der Waals surface area (Å²) in [5, 5.41) is 13.3. The molecule has 1 atom stereocenters. The molecule has 1 aromatic heterocycles. The lowest BCUT2D eigenvalue weighted by Crippen LogP contribution is -2.30. The molecule has 100 valence electrons. The monoisotopic (exact) mass is 287 g/mol. The van der Waals surface area contributed by atoms with E-state index in [-0.39, 0.29) is 17.4 Å². The largest absolute Gasteiger partial charge is 0.481 e. The number of carbonyl (C=O) groups excluding carboxylic acids is 1. The molecular formula is C12H17NO3S2. The number of hydrogen-bond acceptors (Lipinski definition) is 4. The van der Waals surface area contributed by atoms with Gasteiger partial charge < -0.3 is 10.4 Å². The normalized spacial score (nSPS) is 12.1. The number of carboxylic acid groups (broad SMARTS) is 1. The third-order valence-electron chi connectivity index (χ3n) is 2.24. The first-order valence-corrected chi connectivity index (χ1v) is 7.70. The molecule has 1 heterocycles. The molecule has 0 saturated heterocycles. The van der Waals surface area contributed by atoms with Gasteiger partial charge in [0.05, 0.1) is 11.5 Å². The molecule has 0 aliphatic rings. The Kier molecular flexibility index (Phi) is 6.82. The van der Waals surface area contributed by atoms with Crippen LogP contribution in [0, 0.1) is 5.92 Å². The number of nitrogens with one attached hydrogen (secondary N) is 1. The lowest BCUT2D eigenvalue weighted by Gasteiger charge is -2.11. The summed E-state index contributed by atoms with van der Waals surface area (Å²) in [6, 6.07) is 4.11. The first-order valence-electron chi connectivity index (χ1n) is 5.66. The summed E-state index contributed by atoms with van der Waals surface area (Å²) in [6.45, 7) is 2.72. The molecule has 0 fully saturated rings. The van der Waals surface area contributed by atoms with Crippen molar-refractivity contribution in [2.45, 2.75) is 13.3 Å². The van der Waals surface area contributed by atoms with Gasteiger partial charge in [0.25, 0.3) is 0 Å². The molecular weight excluding hydrogens is 270 g/mol. The Morgan fingerprint density at radius 3 is 2.89 bits per heavy atom. The maximum atomic E-state index is 11.4. The zero-order valence-electron chi connectivity index (χ0n) is 10.2. The number of carboxylic acids is 1. The van der Waals surface area contributed by atoms with Gasteiger partial charge in [-0.2, -0.15) is 0 Å². The van der Waals surface area contributed by atoms with E-state index in [2.05, 4.69) is 18.3 Å². The van der Waals surface area contributed by atoms with Crippen molar-refractivity contribution in [3.63, 3.8) is 0 Å². The minimum Gasteiger partial charge on any atom is -0.481 e. The van der Waals surface area contributed by atoms with Gasteiger partial charge in [0.1, 0.15) is 0 Å². The highest BCUT2D eigenvalue weighted by atomic mass is 32.2. The highest BCUT2D eigenvalue weighted by Gasteiger charge is 2.08. The van der Waals surface area contributed by atoms with Crippen LogP contribution in [0.4, 0.5) is 0 Å². The van der Waals surface area contributed by atoms with E-state index in [9.17, 15) is 9.59 Å². The highest BCUT2D eigenvalue weighted by molar-refractivity contribution is 8.00. The summed E-state index contributed by atoms with van der Waals surface area (Å²) in [6.07, 6.45) is 0.959. The van der Waals surface area contributed by atoms with Crippen molar-refractivity contribution in [3.05, 3.63) is 22.4 Å². The molecule has 4 nitrogen and oxygen atoms in total. The van der Waals surface area contributed by atoms with Gasteiger partial charge in [0.2, 0.25) is 5.91 Å². The second kappa shape index (κ2) is 8.16. The van der Waals surface area contributed by atoms with Crippen molar-refractivity contribution in [1.29, 1.82) is 0 Å². The molecule has 1 aromatic rings. The van der Waals surface area contributed by atoms with E-state index in [1.165, 1.54) is 4.88 Å². The first-order chi connectivity index (χ1) is 8.58. The van der Waals surface area contributed by atoms with Crippen LogP contribution in [0.3, 0.4) is 0 Å². The van der Waals surface area contributed by atoms with Crippen molar-refractivity contribution >= 4 is 35.0 Å². The van der Waals surface area contributed by atoms with Crippen LogP contribution in [-0.4, -0.2) is 35.0 Å². The minimum absolute atomic E-state index is 0.0296. The van der Waals surface area contributed by atoms with Crippen LogP contribution in [-0.2, 0) is 16.0 Å². The number of thioether (sulfide) groups is 1. The number of rotatable bonds is 8. The summed E-state index contributed by atoms with van der Waals surface area (Å²) >= 11 is 2.84. The fraction of sp³-hybridized carbons (Fsp3) is 0.500. The van der Waals surface area contributed by atoms with Crippen LogP contribution < -0.4 is 5.32 Å². The summed E-state index contributed by atoms with van der Waals surface area (Å²) in [7, 11) is 0. The van der Waals surface area contributed by atoms with E-state index >= 15 is 0 Å². The van der Waals surface area contributed by atoms with Gasteiger partial charge in [0, 0.05) is 11.4 Å². The Bertz CT molecular complexity index is 379. The Hall–Kier alpha value is -1.01. The van der Waals surface area contributed by atoms with Crippen LogP contribution >= 0.6 is 23.1 Å². The SMILES string of the molecule is CC(CNC(=O)CSCC(=O)O)Cc1cccs1. The molecule has 0 aromatic carbocycles. The molecule has 0 aliphatic heterocycles. The second-order valence-electron chi connectivity index (χ2n) is 4.08. The quantitative estimate of drug-likeness (QED) is 0.766. The first kappa shape index (κ1) is 15.0. The lowest BCUT2D eigenvalue weighted by atomic mass is 10.1. The predicted molar refractivity (Wildman–Crippen MR) is 75.2 cm³/mol. The smallest absolute Gasteiger partial charge is 0.313 e. The van der Waals surface area contributed by atoms with Gasteiger partial charge >= 0.3 is 5.97 Å². The maximum Gasteiger partial charge on any atom is 0.313 e. The van der Waals surface area contributed by atoms with Crippen LogP contribution in [0.15, 0.2) is 17.5 Å². The summed E-state index contributed by atoms with van der Waals surface area (Å²) in [5.41, 5.74) is 0. The second-order valence-corrected chi connectivity index (χ2v) is 6.10. The van der Waals surface area contributed by atoms with E-state index in [1.807, 2.05) is 11.4 Å². The van der Waals surface area contributed by atoms with E-state index in [0.29, 0.717) is 12.5 Å². The number of thiophene rings is 1. The third-order valence-corrected chi connectivity index (χ3v) is 4.05.